The van der Waals surface area contributed by atoms with E-state index in [2.05, 4.69) is 67.4 Å². The van der Waals surface area contributed by atoms with Crippen molar-refractivity contribution in [2.45, 2.75) is 27.3 Å². The molecule has 4 nitrogen and oxygen atoms in total. The van der Waals surface area contributed by atoms with E-state index in [0.29, 0.717) is 0 Å². The molecule has 1 aromatic heterocycles. The summed E-state index contributed by atoms with van der Waals surface area (Å²) in [5.41, 5.74) is 4.54. The zero-order valence-corrected chi connectivity index (χ0v) is 15.7. The maximum atomic E-state index is 4.79. The Balaban J connectivity index is 1.90. The molecule has 0 bridgehead atoms. The van der Waals surface area contributed by atoms with Gasteiger partial charge in [0.2, 0.25) is 5.95 Å². The Morgan fingerprint density at radius 3 is 2.23 bits per heavy atom. The molecule has 1 heterocycles. The molecule has 0 spiro atoms. The number of benzene rings is 2. The van der Waals surface area contributed by atoms with Gasteiger partial charge >= 0.3 is 0 Å². The van der Waals surface area contributed by atoms with Gasteiger partial charge in [0.15, 0.2) is 0 Å². The summed E-state index contributed by atoms with van der Waals surface area (Å²) >= 11 is 0. The van der Waals surface area contributed by atoms with Crippen LogP contribution in [-0.4, -0.2) is 23.1 Å². The summed E-state index contributed by atoms with van der Waals surface area (Å²) in [5, 5.41) is 3.46. The first-order chi connectivity index (χ1) is 12.7. The van der Waals surface area contributed by atoms with Gasteiger partial charge in [0.25, 0.3) is 0 Å². The highest BCUT2D eigenvalue weighted by Gasteiger charge is 2.11. The van der Waals surface area contributed by atoms with Crippen LogP contribution in [-0.2, 0) is 6.54 Å². The third kappa shape index (κ3) is 4.39. The number of rotatable bonds is 7. The molecule has 0 saturated carbocycles. The summed E-state index contributed by atoms with van der Waals surface area (Å²) < 4.78 is 0. The van der Waals surface area contributed by atoms with Crippen LogP contribution in [0, 0.1) is 6.92 Å². The van der Waals surface area contributed by atoms with Crippen molar-refractivity contribution in [3.63, 3.8) is 0 Å². The standard InChI is InChI=1S/C22H26N4/c1-4-26(5-2)22-24-20(19-9-7-6-8-10-19)15-21(25-22)23-16-18-13-11-17(3)12-14-18/h6-15H,4-5,16H2,1-3H3,(H,23,24,25). The molecular weight excluding hydrogens is 320 g/mol. The van der Waals surface area contributed by atoms with Crippen molar-refractivity contribution < 1.29 is 0 Å². The number of hydrogen-bond acceptors (Lipinski definition) is 4. The van der Waals surface area contributed by atoms with Crippen molar-refractivity contribution in [2.24, 2.45) is 0 Å². The van der Waals surface area contributed by atoms with Crippen molar-refractivity contribution >= 4 is 11.8 Å². The third-order valence-electron chi connectivity index (χ3n) is 4.42. The van der Waals surface area contributed by atoms with E-state index in [1.54, 1.807) is 0 Å². The molecule has 0 amide bonds. The van der Waals surface area contributed by atoms with E-state index in [-0.39, 0.29) is 0 Å². The van der Waals surface area contributed by atoms with Gasteiger partial charge in [-0.25, -0.2) is 4.98 Å². The van der Waals surface area contributed by atoms with Crippen LogP contribution >= 0.6 is 0 Å². The molecule has 0 aliphatic heterocycles. The predicted molar refractivity (Wildman–Crippen MR) is 110 cm³/mol. The molecule has 1 N–H and O–H groups in total. The van der Waals surface area contributed by atoms with E-state index in [9.17, 15) is 0 Å². The van der Waals surface area contributed by atoms with E-state index >= 15 is 0 Å². The lowest BCUT2D eigenvalue weighted by Gasteiger charge is -2.20. The Hall–Kier alpha value is -2.88. The zero-order valence-electron chi connectivity index (χ0n) is 15.7. The Morgan fingerprint density at radius 2 is 1.58 bits per heavy atom. The summed E-state index contributed by atoms with van der Waals surface area (Å²) in [6.45, 7) is 8.86. The summed E-state index contributed by atoms with van der Waals surface area (Å²) in [6, 6.07) is 20.8. The second-order valence-corrected chi connectivity index (χ2v) is 6.32. The van der Waals surface area contributed by atoms with Crippen molar-refractivity contribution in [3.8, 4) is 11.3 Å². The van der Waals surface area contributed by atoms with E-state index < -0.39 is 0 Å². The Morgan fingerprint density at radius 1 is 0.885 bits per heavy atom. The third-order valence-corrected chi connectivity index (χ3v) is 4.42. The maximum Gasteiger partial charge on any atom is 0.227 e. The van der Waals surface area contributed by atoms with Crippen molar-refractivity contribution in [1.29, 1.82) is 0 Å². The molecule has 4 heteroatoms. The maximum absolute atomic E-state index is 4.79. The molecular formula is C22H26N4. The van der Waals surface area contributed by atoms with E-state index in [1.165, 1.54) is 11.1 Å². The van der Waals surface area contributed by atoms with Gasteiger partial charge in [0.05, 0.1) is 5.69 Å². The van der Waals surface area contributed by atoms with Crippen LogP contribution in [0.3, 0.4) is 0 Å². The minimum atomic E-state index is 0.739. The second-order valence-electron chi connectivity index (χ2n) is 6.32. The fourth-order valence-corrected chi connectivity index (χ4v) is 2.83. The number of nitrogens with one attached hydrogen (secondary N) is 1. The van der Waals surface area contributed by atoms with Crippen LogP contribution < -0.4 is 10.2 Å². The minimum Gasteiger partial charge on any atom is -0.366 e. The van der Waals surface area contributed by atoms with Crippen molar-refractivity contribution in [2.75, 3.05) is 23.3 Å². The van der Waals surface area contributed by atoms with Gasteiger partial charge in [-0.15, -0.1) is 0 Å². The molecule has 0 aliphatic rings. The second kappa shape index (κ2) is 8.48. The van der Waals surface area contributed by atoms with Crippen LogP contribution in [0.2, 0.25) is 0 Å². The van der Waals surface area contributed by atoms with Crippen LogP contribution in [0.15, 0.2) is 60.7 Å². The molecule has 0 aliphatic carbocycles. The monoisotopic (exact) mass is 346 g/mol. The van der Waals surface area contributed by atoms with Gasteiger partial charge in [-0.3, -0.25) is 0 Å². The molecule has 26 heavy (non-hydrogen) atoms. The molecule has 0 fully saturated rings. The molecule has 0 radical (unpaired) electrons. The number of aryl methyl sites for hydroxylation is 1. The quantitative estimate of drug-likeness (QED) is 0.660. The highest BCUT2D eigenvalue weighted by atomic mass is 15.3. The first-order valence-corrected chi connectivity index (χ1v) is 9.18. The molecule has 0 saturated heterocycles. The van der Waals surface area contributed by atoms with Gasteiger partial charge < -0.3 is 10.2 Å². The first-order valence-electron chi connectivity index (χ1n) is 9.18. The summed E-state index contributed by atoms with van der Waals surface area (Å²) in [6.07, 6.45) is 0. The first kappa shape index (κ1) is 17.9. The van der Waals surface area contributed by atoms with Crippen LogP contribution in [0.1, 0.15) is 25.0 Å². The molecule has 3 aromatic rings. The van der Waals surface area contributed by atoms with Crippen LogP contribution in [0.25, 0.3) is 11.3 Å². The van der Waals surface area contributed by atoms with Crippen LogP contribution in [0.4, 0.5) is 11.8 Å². The number of hydrogen-bond donors (Lipinski definition) is 1. The smallest absolute Gasteiger partial charge is 0.227 e. The number of nitrogens with zero attached hydrogens (tertiary/aromatic N) is 3. The lowest BCUT2D eigenvalue weighted by Crippen LogP contribution is -2.24. The summed E-state index contributed by atoms with van der Waals surface area (Å²) in [4.78, 5) is 11.7. The number of anilines is 2. The summed E-state index contributed by atoms with van der Waals surface area (Å²) in [5.74, 6) is 1.61. The van der Waals surface area contributed by atoms with Gasteiger partial charge in [-0.1, -0.05) is 60.2 Å². The van der Waals surface area contributed by atoms with E-state index in [0.717, 1.165) is 42.7 Å². The SMILES string of the molecule is CCN(CC)c1nc(NCc2ccc(C)cc2)cc(-c2ccccc2)n1. The molecule has 0 atom stereocenters. The normalized spacial score (nSPS) is 10.6. The highest BCUT2D eigenvalue weighted by Crippen LogP contribution is 2.23. The van der Waals surface area contributed by atoms with Gasteiger partial charge in [0, 0.05) is 31.3 Å². The molecule has 134 valence electrons. The van der Waals surface area contributed by atoms with Gasteiger partial charge in [-0.2, -0.15) is 4.98 Å². The van der Waals surface area contributed by atoms with Gasteiger partial charge in [-0.05, 0) is 26.3 Å². The van der Waals surface area contributed by atoms with E-state index in [1.807, 2.05) is 24.3 Å². The molecule has 0 unspecified atom stereocenters. The van der Waals surface area contributed by atoms with Gasteiger partial charge in [0.1, 0.15) is 5.82 Å². The average Bonchev–Trinajstić information content (AvgIpc) is 2.69. The highest BCUT2D eigenvalue weighted by molar-refractivity contribution is 5.64. The average molecular weight is 346 g/mol. The van der Waals surface area contributed by atoms with Crippen molar-refractivity contribution in [1.82, 2.24) is 9.97 Å². The van der Waals surface area contributed by atoms with Crippen LogP contribution in [0.5, 0.6) is 0 Å². The zero-order chi connectivity index (χ0) is 18.4. The lowest BCUT2D eigenvalue weighted by molar-refractivity contribution is 0.822. The predicted octanol–water partition coefficient (Wildman–Crippen LogP) is 4.91. The molecule has 2 aromatic carbocycles. The fraction of sp³-hybridized carbons (Fsp3) is 0.273. The Bertz CT molecular complexity index is 825. The fourth-order valence-electron chi connectivity index (χ4n) is 2.83. The molecule has 3 rings (SSSR count). The van der Waals surface area contributed by atoms with Crippen molar-refractivity contribution in [3.05, 3.63) is 71.8 Å². The van der Waals surface area contributed by atoms with E-state index in [4.69, 9.17) is 9.97 Å². The Kier molecular flexibility index (Phi) is 5.84. The Labute approximate surface area is 155 Å². The lowest BCUT2D eigenvalue weighted by atomic mass is 10.1. The minimum absolute atomic E-state index is 0.739. The summed E-state index contributed by atoms with van der Waals surface area (Å²) in [7, 11) is 0. The topological polar surface area (TPSA) is 41.1 Å². The number of aromatic nitrogens is 2. The largest absolute Gasteiger partial charge is 0.366 e.